The molecular formula is C13H19ClN2O4S. The van der Waals surface area contributed by atoms with Crippen LogP contribution in [0.1, 0.15) is 4.88 Å². The summed E-state index contributed by atoms with van der Waals surface area (Å²) >= 11 is 7.27. The van der Waals surface area contributed by atoms with E-state index in [4.69, 9.17) is 21.4 Å². The van der Waals surface area contributed by atoms with Crippen molar-refractivity contribution in [2.75, 3.05) is 40.4 Å². The Hall–Kier alpha value is -1.15. The molecule has 0 aliphatic heterocycles. The number of hydrogen-bond donors (Lipinski definition) is 1. The van der Waals surface area contributed by atoms with Gasteiger partial charge in [-0.3, -0.25) is 14.5 Å². The number of carboxylic acid groups (broad SMARTS) is 1. The lowest BCUT2D eigenvalue weighted by Crippen LogP contribution is -2.41. The Balaban J connectivity index is 2.52. The summed E-state index contributed by atoms with van der Waals surface area (Å²) in [5.74, 6) is -1.11. The van der Waals surface area contributed by atoms with Gasteiger partial charge < -0.3 is 14.7 Å². The van der Waals surface area contributed by atoms with Gasteiger partial charge in [-0.05, 0) is 12.1 Å². The molecule has 0 radical (unpaired) electrons. The number of aliphatic carboxylic acids is 1. The van der Waals surface area contributed by atoms with Gasteiger partial charge in [-0.1, -0.05) is 11.6 Å². The highest BCUT2D eigenvalue weighted by Gasteiger charge is 2.17. The van der Waals surface area contributed by atoms with Crippen molar-refractivity contribution < 1.29 is 19.4 Å². The lowest BCUT2D eigenvalue weighted by molar-refractivity contribution is -0.139. The van der Waals surface area contributed by atoms with Gasteiger partial charge in [0.2, 0.25) is 5.91 Å². The molecule has 1 aromatic heterocycles. The minimum Gasteiger partial charge on any atom is -0.480 e. The molecule has 118 valence electrons. The maximum atomic E-state index is 12.1. The Morgan fingerprint density at radius 3 is 2.62 bits per heavy atom. The summed E-state index contributed by atoms with van der Waals surface area (Å²) in [4.78, 5) is 27.0. The van der Waals surface area contributed by atoms with Crippen molar-refractivity contribution in [2.45, 2.75) is 6.54 Å². The second kappa shape index (κ2) is 8.99. The normalized spacial score (nSPS) is 10.9. The maximum absolute atomic E-state index is 12.1. The zero-order valence-corrected chi connectivity index (χ0v) is 13.6. The van der Waals surface area contributed by atoms with Crippen LogP contribution in [-0.4, -0.2) is 67.2 Å². The average molecular weight is 335 g/mol. The van der Waals surface area contributed by atoms with Gasteiger partial charge in [0.05, 0.1) is 30.6 Å². The molecule has 0 aromatic carbocycles. The number of carboxylic acids is 1. The van der Waals surface area contributed by atoms with E-state index in [0.717, 1.165) is 4.88 Å². The summed E-state index contributed by atoms with van der Waals surface area (Å²) in [6, 6.07) is 3.66. The van der Waals surface area contributed by atoms with Crippen LogP contribution in [0.15, 0.2) is 12.1 Å². The van der Waals surface area contributed by atoms with Crippen molar-refractivity contribution in [3.8, 4) is 0 Å². The molecule has 0 aliphatic carbocycles. The zero-order chi connectivity index (χ0) is 15.8. The molecule has 0 aliphatic rings. The van der Waals surface area contributed by atoms with E-state index in [2.05, 4.69) is 0 Å². The summed E-state index contributed by atoms with van der Waals surface area (Å²) in [5, 5.41) is 8.85. The Morgan fingerprint density at radius 1 is 1.38 bits per heavy atom. The molecule has 21 heavy (non-hydrogen) atoms. The van der Waals surface area contributed by atoms with Gasteiger partial charge in [-0.2, -0.15) is 0 Å². The molecule has 0 saturated carbocycles. The number of hydrogen-bond acceptors (Lipinski definition) is 5. The standard InChI is InChI=1S/C13H19ClN2O4S/c1-15(7-10-3-4-11(14)21-10)12(17)8-16(5-6-20-2)9-13(18)19/h3-4H,5-9H2,1-2H3,(H,18,19). The monoisotopic (exact) mass is 334 g/mol. The number of halogens is 1. The van der Waals surface area contributed by atoms with Crippen molar-refractivity contribution >= 4 is 34.8 Å². The number of methoxy groups -OCH3 is 1. The predicted octanol–water partition coefficient (Wildman–Crippen LogP) is 1.39. The van der Waals surface area contributed by atoms with E-state index in [-0.39, 0.29) is 19.0 Å². The number of likely N-dealkylation sites (N-methyl/N-ethyl adjacent to an activating group) is 1. The van der Waals surface area contributed by atoms with Gasteiger partial charge in [0, 0.05) is 25.6 Å². The van der Waals surface area contributed by atoms with Gasteiger partial charge in [0.25, 0.3) is 0 Å². The van der Waals surface area contributed by atoms with Gasteiger partial charge in [-0.25, -0.2) is 0 Å². The summed E-state index contributed by atoms with van der Waals surface area (Å²) in [6.45, 7) is 1.10. The molecule has 0 unspecified atom stereocenters. The maximum Gasteiger partial charge on any atom is 0.317 e. The van der Waals surface area contributed by atoms with Crippen molar-refractivity contribution in [1.29, 1.82) is 0 Å². The first-order chi connectivity index (χ1) is 9.92. The van der Waals surface area contributed by atoms with Crippen molar-refractivity contribution in [2.24, 2.45) is 0 Å². The van der Waals surface area contributed by atoms with Crippen molar-refractivity contribution in [3.63, 3.8) is 0 Å². The van der Waals surface area contributed by atoms with E-state index in [1.165, 1.54) is 18.4 Å². The number of thiophene rings is 1. The van der Waals surface area contributed by atoms with Crippen molar-refractivity contribution in [1.82, 2.24) is 9.80 Å². The van der Waals surface area contributed by atoms with Crippen LogP contribution in [-0.2, 0) is 20.9 Å². The fourth-order valence-electron chi connectivity index (χ4n) is 1.70. The summed E-state index contributed by atoms with van der Waals surface area (Å²) in [6.07, 6.45) is 0. The fourth-order valence-corrected chi connectivity index (χ4v) is 2.84. The van der Waals surface area contributed by atoms with Gasteiger partial charge in [0.1, 0.15) is 0 Å². The van der Waals surface area contributed by atoms with Gasteiger partial charge >= 0.3 is 5.97 Å². The Labute approximate surface area is 132 Å². The smallest absolute Gasteiger partial charge is 0.317 e. The molecule has 1 amide bonds. The van der Waals surface area contributed by atoms with E-state index in [1.54, 1.807) is 22.9 Å². The van der Waals surface area contributed by atoms with Crippen LogP contribution in [0.2, 0.25) is 4.34 Å². The molecule has 0 saturated heterocycles. The Bertz CT molecular complexity index is 480. The molecule has 0 bridgehead atoms. The molecule has 0 fully saturated rings. The van der Waals surface area contributed by atoms with Crippen LogP contribution in [0.4, 0.5) is 0 Å². The molecule has 1 rings (SSSR count). The molecule has 6 nitrogen and oxygen atoms in total. The second-order valence-electron chi connectivity index (χ2n) is 4.55. The number of nitrogens with zero attached hydrogens (tertiary/aromatic N) is 2. The van der Waals surface area contributed by atoms with E-state index < -0.39 is 5.97 Å². The first-order valence-electron chi connectivity index (χ1n) is 6.33. The lowest BCUT2D eigenvalue weighted by Gasteiger charge is -2.23. The third-order valence-electron chi connectivity index (χ3n) is 2.78. The lowest BCUT2D eigenvalue weighted by atomic mass is 10.3. The number of amides is 1. The third-order valence-corrected chi connectivity index (χ3v) is 3.99. The largest absolute Gasteiger partial charge is 0.480 e. The molecule has 1 aromatic rings. The number of carbonyl (C=O) groups excluding carboxylic acids is 1. The first-order valence-corrected chi connectivity index (χ1v) is 7.53. The predicted molar refractivity (Wildman–Crippen MR) is 81.8 cm³/mol. The van der Waals surface area contributed by atoms with Gasteiger partial charge in [0.15, 0.2) is 0 Å². The highest BCUT2D eigenvalue weighted by Crippen LogP contribution is 2.22. The minimum absolute atomic E-state index is 0.0469. The third kappa shape index (κ3) is 6.90. The molecule has 1 N–H and O–H groups in total. The number of carbonyl (C=O) groups is 2. The van der Waals surface area contributed by atoms with Crippen LogP contribution in [0.3, 0.4) is 0 Å². The quantitative estimate of drug-likeness (QED) is 0.739. The van der Waals surface area contributed by atoms with Crippen LogP contribution in [0, 0.1) is 0 Å². The molecule has 1 heterocycles. The van der Waals surface area contributed by atoms with Crippen LogP contribution in [0.5, 0.6) is 0 Å². The second-order valence-corrected chi connectivity index (χ2v) is 6.35. The van der Waals surface area contributed by atoms with E-state index in [0.29, 0.717) is 24.0 Å². The summed E-state index contributed by atoms with van der Waals surface area (Å²) in [7, 11) is 3.22. The van der Waals surface area contributed by atoms with Crippen LogP contribution in [0.25, 0.3) is 0 Å². The van der Waals surface area contributed by atoms with Crippen LogP contribution < -0.4 is 0 Å². The Morgan fingerprint density at radius 2 is 2.10 bits per heavy atom. The number of ether oxygens (including phenoxy) is 1. The molecule has 0 atom stereocenters. The fraction of sp³-hybridized carbons (Fsp3) is 0.538. The average Bonchev–Trinajstić information content (AvgIpc) is 2.80. The van der Waals surface area contributed by atoms with E-state index in [9.17, 15) is 9.59 Å². The van der Waals surface area contributed by atoms with Crippen molar-refractivity contribution in [3.05, 3.63) is 21.3 Å². The van der Waals surface area contributed by atoms with Gasteiger partial charge in [-0.15, -0.1) is 11.3 Å². The highest BCUT2D eigenvalue weighted by molar-refractivity contribution is 7.16. The number of rotatable bonds is 9. The van der Waals surface area contributed by atoms with E-state index >= 15 is 0 Å². The molecule has 0 spiro atoms. The SMILES string of the molecule is COCCN(CC(=O)O)CC(=O)N(C)Cc1ccc(Cl)s1. The van der Waals surface area contributed by atoms with E-state index in [1.807, 2.05) is 6.07 Å². The summed E-state index contributed by atoms with van der Waals surface area (Å²) in [5.41, 5.74) is 0. The zero-order valence-electron chi connectivity index (χ0n) is 12.0. The topological polar surface area (TPSA) is 70.1 Å². The summed E-state index contributed by atoms with van der Waals surface area (Å²) < 4.78 is 5.60. The minimum atomic E-state index is -0.966. The van der Waals surface area contributed by atoms with Crippen LogP contribution >= 0.6 is 22.9 Å². The molecular weight excluding hydrogens is 316 g/mol. The first kappa shape index (κ1) is 17.9. The highest BCUT2D eigenvalue weighted by atomic mass is 35.5. The molecule has 8 heteroatoms. The Kier molecular flexibility index (Phi) is 7.66.